The number of carbonyl (C=O) groups is 1. The van der Waals surface area contributed by atoms with Crippen LogP contribution in [-0.4, -0.2) is 50.4 Å². The molecule has 0 saturated carbocycles. The number of thioether (sulfide) groups is 1. The number of amides is 1. The van der Waals surface area contributed by atoms with Gasteiger partial charge in [0.25, 0.3) is 5.91 Å². The minimum atomic E-state index is -0.208. The predicted molar refractivity (Wildman–Crippen MR) is 104 cm³/mol. The molecule has 1 aromatic carbocycles. The summed E-state index contributed by atoms with van der Waals surface area (Å²) in [5.41, 5.74) is 0.754. The Bertz CT molecular complexity index is 752. The Morgan fingerprint density at radius 3 is 2.31 bits per heavy atom. The molecule has 1 saturated heterocycles. The summed E-state index contributed by atoms with van der Waals surface area (Å²) in [5, 5.41) is 0.799. The summed E-state index contributed by atoms with van der Waals surface area (Å²) in [7, 11) is 4.74. The number of nitrogens with zero attached hydrogens (tertiary/aromatic N) is 2. The number of hydrogen-bond acceptors (Lipinski definition) is 6. The van der Waals surface area contributed by atoms with E-state index in [2.05, 4.69) is 16.8 Å². The minimum absolute atomic E-state index is 0.208. The van der Waals surface area contributed by atoms with Gasteiger partial charge in [0, 0.05) is 24.7 Å². The summed E-state index contributed by atoms with van der Waals surface area (Å²) in [6.45, 7) is 4.17. The van der Waals surface area contributed by atoms with Crippen LogP contribution in [0.2, 0.25) is 0 Å². The molecule has 0 unspecified atom stereocenters. The van der Waals surface area contributed by atoms with Crippen LogP contribution in [0, 0.1) is 5.92 Å². The zero-order valence-corrected chi connectivity index (χ0v) is 16.4. The van der Waals surface area contributed by atoms with Crippen LogP contribution in [0.1, 0.15) is 25.3 Å². The van der Waals surface area contributed by atoms with Crippen molar-refractivity contribution in [1.29, 1.82) is 0 Å². The lowest BCUT2D eigenvalue weighted by Gasteiger charge is -2.30. The third-order valence-electron chi connectivity index (χ3n) is 4.69. The predicted octanol–water partition coefficient (Wildman–Crippen LogP) is 3.41. The van der Waals surface area contributed by atoms with Gasteiger partial charge in [-0.1, -0.05) is 6.92 Å². The average molecular weight is 376 g/mol. The number of hydrogen-bond donors (Lipinski definition) is 0. The van der Waals surface area contributed by atoms with Crippen LogP contribution in [-0.2, 0) is 4.79 Å². The van der Waals surface area contributed by atoms with Gasteiger partial charge in [-0.05, 0) is 42.7 Å². The standard InChI is InChI=1S/C19H24N2O4S/c1-12-5-7-21(8-6-12)19-20-18(22)17(26-19)10-13-9-15(24-3)16(25-4)11-14(13)23-2/h9-12H,5-8H2,1-4H3/b17-10-. The monoisotopic (exact) mass is 376 g/mol. The van der Waals surface area contributed by atoms with E-state index in [9.17, 15) is 4.79 Å². The number of likely N-dealkylation sites (tertiary alicyclic amines) is 1. The second-order valence-electron chi connectivity index (χ2n) is 6.43. The van der Waals surface area contributed by atoms with E-state index in [1.165, 1.54) is 11.8 Å². The van der Waals surface area contributed by atoms with E-state index < -0.39 is 0 Å². The molecule has 140 valence electrons. The highest BCUT2D eigenvalue weighted by Crippen LogP contribution is 2.38. The normalized spacial score (nSPS) is 19.7. The Morgan fingerprint density at radius 2 is 1.69 bits per heavy atom. The number of methoxy groups -OCH3 is 3. The molecule has 2 aliphatic rings. The van der Waals surface area contributed by atoms with E-state index in [1.807, 2.05) is 0 Å². The molecular weight excluding hydrogens is 352 g/mol. The zero-order valence-electron chi connectivity index (χ0n) is 15.6. The molecular formula is C19H24N2O4S. The number of ether oxygens (including phenoxy) is 3. The lowest BCUT2D eigenvalue weighted by atomic mass is 10.00. The van der Waals surface area contributed by atoms with Gasteiger partial charge in [-0.25, -0.2) is 0 Å². The van der Waals surface area contributed by atoms with E-state index in [0.29, 0.717) is 22.2 Å². The molecule has 0 aromatic heterocycles. The van der Waals surface area contributed by atoms with Crippen LogP contribution in [0.5, 0.6) is 17.2 Å². The number of piperidine rings is 1. The first-order valence-corrected chi connectivity index (χ1v) is 9.45. The molecule has 0 aliphatic carbocycles. The Hall–Kier alpha value is -2.15. The summed E-state index contributed by atoms with van der Waals surface area (Å²) in [4.78, 5) is 19.4. The van der Waals surface area contributed by atoms with Crippen molar-refractivity contribution in [3.63, 3.8) is 0 Å². The van der Waals surface area contributed by atoms with Crippen LogP contribution < -0.4 is 14.2 Å². The first-order chi connectivity index (χ1) is 12.5. The molecule has 6 nitrogen and oxygen atoms in total. The van der Waals surface area contributed by atoms with Gasteiger partial charge in [0.2, 0.25) is 0 Å². The maximum Gasteiger partial charge on any atom is 0.286 e. The summed E-state index contributed by atoms with van der Waals surface area (Å²) < 4.78 is 16.1. The molecule has 1 aromatic rings. The van der Waals surface area contributed by atoms with Crippen molar-refractivity contribution in [1.82, 2.24) is 4.90 Å². The zero-order chi connectivity index (χ0) is 18.7. The number of carbonyl (C=O) groups excluding carboxylic acids is 1. The van der Waals surface area contributed by atoms with Crippen LogP contribution >= 0.6 is 11.8 Å². The van der Waals surface area contributed by atoms with Gasteiger partial charge >= 0.3 is 0 Å². The summed E-state index contributed by atoms with van der Waals surface area (Å²) in [5.74, 6) is 2.31. The fourth-order valence-electron chi connectivity index (χ4n) is 3.04. The van der Waals surface area contributed by atoms with Gasteiger partial charge in [-0.15, -0.1) is 0 Å². The number of amidine groups is 1. The van der Waals surface area contributed by atoms with Crippen LogP contribution in [0.25, 0.3) is 6.08 Å². The molecule has 7 heteroatoms. The van der Waals surface area contributed by atoms with E-state index in [4.69, 9.17) is 14.2 Å². The topological polar surface area (TPSA) is 60.4 Å². The smallest absolute Gasteiger partial charge is 0.286 e. The highest BCUT2D eigenvalue weighted by atomic mass is 32.2. The van der Waals surface area contributed by atoms with Crippen molar-refractivity contribution in [3.05, 3.63) is 22.6 Å². The molecule has 2 aliphatic heterocycles. The van der Waals surface area contributed by atoms with Gasteiger partial charge < -0.3 is 19.1 Å². The molecule has 0 N–H and O–H groups in total. The van der Waals surface area contributed by atoms with Crippen molar-refractivity contribution in [2.45, 2.75) is 19.8 Å². The average Bonchev–Trinajstić information content (AvgIpc) is 3.02. The Balaban J connectivity index is 1.84. The first-order valence-electron chi connectivity index (χ1n) is 8.63. The van der Waals surface area contributed by atoms with Crippen molar-refractivity contribution in [2.75, 3.05) is 34.4 Å². The molecule has 26 heavy (non-hydrogen) atoms. The highest BCUT2D eigenvalue weighted by molar-refractivity contribution is 8.18. The van der Waals surface area contributed by atoms with E-state index in [-0.39, 0.29) is 5.91 Å². The van der Waals surface area contributed by atoms with Crippen LogP contribution in [0.3, 0.4) is 0 Å². The lowest BCUT2D eigenvalue weighted by Crippen LogP contribution is -2.35. The largest absolute Gasteiger partial charge is 0.496 e. The van der Waals surface area contributed by atoms with Crippen molar-refractivity contribution in [2.24, 2.45) is 10.9 Å². The van der Waals surface area contributed by atoms with Gasteiger partial charge in [-0.2, -0.15) is 4.99 Å². The molecule has 0 spiro atoms. The number of aliphatic imine (C=N–C) groups is 1. The molecule has 1 fully saturated rings. The fourth-order valence-corrected chi connectivity index (χ4v) is 4.00. The van der Waals surface area contributed by atoms with Crippen molar-refractivity contribution < 1.29 is 19.0 Å². The second-order valence-corrected chi connectivity index (χ2v) is 7.44. The van der Waals surface area contributed by atoms with Crippen molar-refractivity contribution >= 4 is 28.9 Å². The van der Waals surface area contributed by atoms with E-state index >= 15 is 0 Å². The maximum atomic E-state index is 12.4. The molecule has 2 heterocycles. The van der Waals surface area contributed by atoms with E-state index in [0.717, 1.165) is 42.6 Å². The lowest BCUT2D eigenvalue weighted by molar-refractivity contribution is -0.113. The summed E-state index contributed by atoms with van der Waals surface area (Å²) >= 11 is 1.42. The van der Waals surface area contributed by atoms with Crippen LogP contribution in [0.15, 0.2) is 22.0 Å². The van der Waals surface area contributed by atoms with Gasteiger partial charge in [0.05, 0.1) is 26.2 Å². The Morgan fingerprint density at radius 1 is 1.08 bits per heavy atom. The minimum Gasteiger partial charge on any atom is -0.496 e. The fraction of sp³-hybridized carbons (Fsp3) is 0.474. The quantitative estimate of drug-likeness (QED) is 0.751. The molecule has 1 amide bonds. The summed E-state index contributed by atoms with van der Waals surface area (Å²) in [6.07, 6.45) is 4.07. The first kappa shape index (κ1) is 18.6. The maximum absolute atomic E-state index is 12.4. The highest BCUT2D eigenvalue weighted by Gasteiger charge is 2.28. The third kappa shape index (κ3) is 3.82. The molecule has 0 radical (unpaired) electrons. The molecule has 0 atom stereocenters. The Labute approximate surface area is 158 Å². The second kappa shape index (κ2) is 8.03. The molecule has 0 bridgehead atoms. The van der Waals surface area contributed by atoms with Crippen molar-refractivity contribution in [3.8, 4) is 17.2 Å². The van der Waals surface area contributed by atoms with Crippen LogP contribution in [0.4, 0.5) is 0 Å². The van der Waals surface area contributed by atoms with E-state index in [1.54, 1.807) is 39.5 Å². The SMILES string of the molecule is COc1cc(OC)c(OC)cc1/C=C1\SC(N2CCC(C)CC2)=NC1=O. The Kier molecular flexibility index (Phi) is 5.76. The van der Waals surface area contributed by atoms with Gasteiger partial charge in [0.1, 0.15) is 5.75 Å². The summed E-state index contributed by atoms with van der Waals surface area (Å²) in [6, 6.07) is 3.56. The van der Waals surface area contributed by atoms with Gasteiger partial charge in [-0.3, -0.25) is 4.79 Å². The molecule has 3 rings (SSSR count). The number of rotatable bonds is 4. The third-order valence-corrected chi connectivity index (χ3v) is 5.73. The van der Waals surface area contributed by atoms with Gasteiger partial charge in [0.15, 0.2) is 16.7 Å². The number of benzene rings is 1.